The highest BCUT2D eigenvalue weighted by Crippen LogP contribution is 2.36. The van der Waals surface area contributed by atoms with Gasteiger partial charge in [0.15, 0.2) is 6.10 Å². The molecule has 0 radical (unpaired) electrons. The molecule has 0 aromatic heterocycles. The summed E-state index contributed by atoms with van der Waals surface area (Å²) in [6.07, 6.45) is 0.437. The van der Waals surface area contributed by atoms with Crippen molar-refractivity contribution in [2.24, 2.45) is 0 Å². The summed E-state index contributed by atoms with van der Waals surface area (Å²) < 4.78 is 5.48. The van der Waals surface area contributed by atoms with Crippen LogP contribution < -0.4 is 15.8 Å². The highest BCUT2D eigenvalue weighted by Gasteiger charge is 2.25. The molecule has 80 valence electrons. The molecule has 15 heavy (non-hydrogen) atoms. The van der Waals surface area contributed by atoms with E-state index in [2.05, 4.69) is 5.32 Å². The van der Waals surface area contributed by atoms with Crippen molar-refractivity contribution >= 4 is 17.3 Å². The zero-order valence-electron chi connectivity index (χ0n) is 8.83. The molecule has 0 saturated carbocycles. The van der Waals surface area contributed by atoms with Crippen molar-refractivity contribution in [3.05, 3.63) is 17.7 Å². The molecule has 1 aliphatic rings. The van der Waals surface area contributed by atoms with Crippen molar-refractivity contribution in [2.45, 2.75) is 26.4 Å². The second-order valence-electron chi connectivity index (χ2n) is 3.66. The number of carbonyl (C=O) groups is 1. The number of amides is 1. The van der Waals surface area contributed by atoms with Crippen LogP contribution in [0, 0.1) is 0 Å². The number of anilines is 2. The van der Waals surface area contributed by atoms with Crippen LogP contribution in [0.2, 0.25) is 0 Å². The number of carbonyl (C=O) groups excluding carboxylic acids is 1. The van der Waals surface area contributed by atoms with Gasteiger partial charge in [-0.1, -0.05) is 6.92 Å². The van der Waals surface area contributed by atoms with Gasteiger partial charge in [0.05, 0.1) is 5.69 Å². The maximum atomic E-state index is 11.4. The summed E-state index contributed by atoms with van der Waals surface area (Å²) in [6, 6.07) is 3.78. The van der Waals surface area contributed by atoms with Gasteiger partial charge in [-0.15, -0.1) is 0 Å². The van der Waals surface area contributed by atoms with E-state index in [-0.39, 0.29) is 5.91 Å². The highest BCUT2D eigenvalue weighted by atomic mass is 16.5. The van der Waals surface area contributed by atoms with E-state index in [0.29, 0.717) is 17.1 Å². The van der Waals surface area contributed by atoms with Crippen molar-refractivity contribution in [2.75, 3.05) is 11.1 Å². The van der Waals surface area contributed by atoms with Crippen molar-refractivity contribution in [1.29, 1.82) is 0 Å². The summed E-state index contributed by atoms with van der Waals surface area (Å²) in [5, 5.41) is 2.74. The maximum absolute atomic E-state index is 11.4. The van der Waals surface area contributed by atoms with Crippen molar-refractivity contribution in [3.8, 4) is 5.75 Å². The zero-order valence-corrected chi connectivity index (χ0v) is 8.83. The Morgan fingerprint density at radius 1 is 1.53 bits per heavy atom. The summed E-state index contributed by atoms with van der Waals surface area (Å²) in [4.78, 5) is 11.4. The van der Waals surface area contributed by atoms with Crippen LogP contribution in [0.4, 0.5) is 11.4 Å². The summed E-state index contributed by atoms with van der Waals surface area (Å²) in [5.41, 5.74) is 8.09. The average Bonchev–Trinajstić information content (AvgIpc) is 2.21. The van der Waals surface area contributed by atoms with Crippen LogP contribution >= 0.6 is 0 Å². The Kier molecular flexibility index (Phi) is 2.26. The molecule has 1 aromatic carbocycles. The van der Waals surface area contributed by atoms with Gasteiger partial charge in [0.25, 0.3) is 5.91 Å². The first-order valence-corrected chi connectivity index (χ1v) is 5.01. The molecule has 0 aliphatic carbocycles. The number of rotatable bonds is 1. The number of aryl methyl sites for hydroxylation is 1. The predicted molar refractivity (Wildman–Crippen MR) is 59.0 cm³/mol. The lowest BCUT2D eigenvalue weighted by Crippen LogP contribution is -2.34. The molecule has 1 aromatic rings. The topological polar surface area (TPSA) is 64.3 Å². The van der Waals surface area contributed by atoms with Gasteiger partial charge in [0, 0.05) is 0 Å². The molecule has 0 bridgehead atoms. The fourth-order valence-corrected chi connectivity index (χ4v) is 1.60. The van der Waals surface area contributed by atoms with Gasteiger partial charge in [0.2, 0.25) is 0 Å². The lowest BCUT2D eigenvalue weighted by atomic mass is 10.1. The summed E-state index contributed by atoms with van der Waals surface area (Å²) in [7, 11) is 0. The van der Waals surface area contributed by atoms with Crippen molar-refractivity contribution in [1.82, 2.24) is 0 Å². The third-order valence-electron chi connectivity index (χ3n) is 2.52. The van der Waals surface area contributed by atoms with E-state index >= 15 is 0 Å². The molecule has 0 saturated heterocycles. The summed E-state index contributed by atoms with van der Waals surface area (Å²) in [5.74, 6) is 0.511. The van der Waals surface area contributed by atoms with Crippen molar-refractivity contribution in [3.63, 3.8) is 0 Å². The number of hydrogen-bond donors (Lipinski definition) is 2. The van der Waals surface area contributed by atoms with Gasteiger partial charge >= 0.3 is 0 Å². The van der Waals surface area contributed by atoms with Gasteiger partial charge in [0.1, 0.15) is 11.4 Å². The quantitative estimate of drug-likeness (QED) is 0.685. The second kappa shape index (κ2) is 3.46. The Labute approximate surface area is 88.4 Å². The third kappa shape index (κ3) is 1.63. The first-order chi connectivity index (χ1) is 7.11. The minimum absolute atomic E-state index is 0.154. The van der Waals surface area contributed by atoms with Gasteiger partial charge in [-0.05, 0) is 31.0 Å². The standard InChI is InChI=1S/C11H14N2O2/c1-3-7-4-8(12)10-9(5-7)15-6(2)11(14)13-10/h4-6H,3,12H2,1-2H3,(H,13,14). The number of nitrogens with two attached hydrogens (primary N) is 1. The zero-order chi connectivity index (χ0) is 11.0. The van der Waals surface area contributed by atoms with E-state index in [1.807, 2.05) is 19.1 Å². The Morgan fingerprint density at radius 2 is 2.27 bits per heavy atom. The predicted octanol–water partition coefficient (Wildman–Crippen LogP) is 1.55. The summed E-state index contributed by atoms with van der Waals surface area (Å²) >= 11 is 0. The lowest BCUT2D eigenvalue weighted by molar-refractivity contribution is -0.122. The van der Waals surface area contributed by atoms with Gasteiger partial charge in [-0.25, -0.2) is 0 Å². The molecule has 1 heterocycles. The molecule has 1 amide bonds. The molecule has 0 fully saturated rings. The SMILES string of the molecule is CCc1cc(N)c2c(c1)OC(C)C(=O)N2. The number of hydrogen-bond acceptors (Lipinski definition) is 3. The Bertz CT molecular complexity index is 415. The van der Waals surface area contributed by atoms with Gasteiger partial charge < -0.3 is 15.8 Å². The van der Waals surface area contributed by atoms with Crippen LogP contribution in [0.25, 0.3) is 0 Å². The van der Waals surface area contributed by atoms with Gasteiger partial charge in [-0.2, -0.15) is 0 Å². The average molecular weight is 206 g/mol. The van der Waals surface area contributed by atoms with E-state index < -0.39 is 6.10 Å². The first-order valence-electron chi connectivity index (χ1n) is 5.01. The van der Waals surface area contributed by atoms with Crippen molar-refractivity contribution < 1.29 is 9.53 Å². The second-order valence-corrected chi connectivity index (χ2v) is 3.66. The molecule has 4 heteroatoms. The normalized spacial score (nSPS) is 19.1. The van der Waals surface area contributed by atoms with Crippen LogP contribution in [0.3, 0.4) is 0 Å². The number of fused-ring (bicyclic) bond motifs is 1. The number of nitrogens with one attached hydrogen (secondary N) is 1. The number of ether oxygens (including phenoxy) is 1. The van der Waals surface area contributed by atoms with Crippen LogP contribution in [0.15, 0.2) is 12.1 Å². The largest absolute Gasteiger partial charge is 0.479 e. The molecule has 1 aliphatic heterocycles. The molecule has 1 unspecified atom stereocenters. The Hall–Kier alpha value is -1.71. The molecule has 4 nitrogen and oxygen atoms in total. The fourth-order valence-electron chi connectivity index (χ4n) is 1.60. The molecule has 0 spiro atoms. The Balaban J connectivity index is 2.48. The van der Waals surface area contributed by atoms with E-state index in [1.165, 1.54) is 0 Å². The lowest BCUT2D eigenvalue weighted by Gasteiger charge is -2.25. The first kappa shape index (κ1) is 9.83. The smallest absolute Gasteiger partial charge is 0.265 e. The van der Waals surface area contributed by atoms with Crippen LogP contribution in [-0.2, 0) is 11.2 Å². The van der Waals surface area contributed by atoms with Crippen LogP contribution in [-0.4, -0.2) is 12.0 Å². The molecule has 2 rings (SSSR count). The molecular formula is C11H14N2O2. The highest BCUT2D eigenvalue weighted by molar-refractivity contribution is 6.00. The third-order valence-corrected chi connectivity index (χ3v) is 2.52. The minimum atomic E-state index is -0.455. The van der Waals surface area contributed by atoms with Crippen LogP contribution in [0.1, 0.15) is 19.4 Å². The molecule has 3 N–H and O–H groups in total. The molecule has 1 atom stereocenters. The maximum Gasteiger partial charge on any atom is 0.265 e. The van der Waals surface area contributed by atoms with E-state index in [0.717, 1.165) is 12.0 Å². The minimum Gasteiger partial charge on any atom is -0.479 e. The Morgan fingerprint density at radius 3 is 2.93 bits per heavy atom. The van der Waals surface area contributed by atoms with Gasteiger partial charge in [-0.3, -0.25) is 4.79 Å². The fraction of sp³-hybridized carbons (Fsp3) is 0.364. The van der Waals surface area contributed by atoms with E-state index in [1.54, 1.807) is 6.92 Å². The van der Waals surface area contributed by atoms with Crippen LogP contribution in [0.5, 0.6) is 5.75 Å². The molecular weight excluding hydrogens is 192 g/mol. The number of nitrogen functional groups attached to an aromatic ring is 1. The number of benzene rings is 1. The monoisotopic (exact) mass is 206 g/mol. The van der Waals surface area contributed by atoms with E-state index in [4.69, 9.17) is 10.5 Å². The summed E-state index contributed by atoms with van der Waals surface area (Å²) in [6.45, 7) is 3.76. The van der Waals surface area contributed by atoms with E-state index in [9.17, 15) is 4.79 Å².